The Morgan fingerprint density at radius 1 is 0.880 bits per heavy atom. The molecule has 4 rings (SSSR count). The summed E-state index contributed by atoms with van der Waals surface area (Å²) in [6.45, 7) is 3.99. The van der Waals surface area contributed by atoms with Gasteiger partial charge in [-0.15, -0.1) is 0 Å². The smallest absolute Gasteiger partial charge is 0.237 e. The van der Waals surface area contributed by atoms with Gasteiger partial charge in [-0.05, 0) is 56.2 Å². The second kappa shape index (κ2) is 6.14. The summed E-state index contributed by atoms with van der Waals surface area (Å²) in [5.41, 5.74) is 4.17. The van der Waals surface area contributed by atoms with Gasteiger partial charge in [-0.3, -0.25) is 9.59 Å². The molecule has 1 saturated heterocycles. The SMILES string of the molecule is Cc1ccc(N2C(=O)[C@H]3CC[C@H](c4ccccc4)C[C@@H]3C2=O)c(C)c1. The van der Waals surface area contributed by atoms with Crippen molar-refractivity contribution in [3.8, 4) is 0 Å². The zero-order valence-corrected chi connectivity index (χ0v) is 14.7. The lowest BCUT2D eigenvalue weighted by atomic mass is 9.73. The molecule has 1 aliphatic heterocycles. The van der Waals surface area contributed by atoms with Gasteiger partial charge in [0.05, 0.1) is 17.5 Å². The Morgan fingerprint density at radius 2 is 1.60 bits per heavy atom. The number of imide groups is 1. The summed E-state index contributed by atoms with van der Waals surface area (Å²) in [7, 11) is 0. The number of rotatable bonds is 2. The lowest BCUT2D eigenvalue weighted by Gasteiger charge is -2.28. The molecule has 1 aliphatic carbocycles. The first-order chi connectivity index (χ1) is 12.1. The molecule has 0 spiro atoms. The fourth-order valence-electron chi connectivity index (χ4n) is 4.50. The predicted octanol–water partition coefficient (Wildman–Crippen LogP) is 4.38. The summed E-state index contributed by atoms with van der Waals surface area (Å²) in [6.07, 6.45) is 2.56. The Hall–Kier alpha value is -2.42. The van der Waals surface area contributed by atoms with E-state index in [1.807, 2.05) is 50.2 Å². The highest BCUT2D eigenvalue weighted by Crippen LogP contribution is 2.46. The van der Waals surface area contributed by atoms with E-state index >= 15 is 0 Å². The highest BCUT2D eigenvalue weighted by Gasteiger charge is 2.50. The van der Waals surface area contributed by atoms with Crippen molar-refractivity contribution in [3.05, 3.63) is 65.2 Å². The largest absolute Gasteiger partial charge is 0.274 e. The Kier molecular flexibility index (Phi) is 3.95. The van der Waals surface area contributed by atoms with Crippen LogP contribution in [-0.4, -0.2) is 11.8 Å². The van der Waals surface area contributed by atoms with Crippen molar-refractivity contribution in [3.63, 3.8) is 0 Å². The fraction of sp³-hybridized carbons (Fsp3) is 0.364. The van der Waals surface area contributed by atoms with E-state index in [4.69, 9.17) is 0 Å². The molecule has 2 amide bonds. The molecule has 2 aliphatic rings. The second-order valence-corrected chi connectivity index (χ2v) is 7.44. The summed E-state index contributed by atoms with van der Waals surface area (Å²) in [5.74, 6) is 0.0367. The molecule has 128 valence electrons. The molecule has 1 heterocycles. The van der Waals surface area contributed by atoms with Crippen molar-refractivity contribution in [2.75, 3.05) is 4.90 Å². The fourth-order valence-corrected chi connectivity index (χ4v) is 4.50. The number of fused-ring (bicyclic) bond motifs is 1. The lowest BCUT2D eigenvalue weighted by Crippen LogP contribution is -2.31. The van der Waals surface area contributed by atoms with E-state index in [-0.39, 0.29) is 23.7 Å². The van der Waals surface area contributed by atoms with Crippen molar-refractivity contribution in [2.45, 2.75) is 39.0 Å². The van der Waals surface area contributed by atoms with E-state index in [1.54, 1.807) is 0 Å². The summed E-state index contributed by atoms with van der Waals surface area (Å²) in [6, 6.07) is 16.3. The number of nitrogens with zero attached hydrogens (tertiary/aromatic N) is 1. The van der Waals surface area contributed by atoms with Gasteiger partial charge in [-0.1, -0.05) is 48.0 Å². The van der Waals surface area contributed by atoms with Crippen molar-refractivity contribution in [1.82, 2.24) is 0 Å². The molecule has 0 aromatic heterocycles. The van der Waals surface area contributed by atoms with Gasteiger partial charge in [0.2, 0.25) is 11.8 Å². The molecule has 2 fully saturated rings. The van der Waals surface area contributed by atoms with Gasteiger partial charge >= 0.3 is 0 Å². The van der Waals surface area contributed by atoms with Crippen LogP contribution < -0.4 is 4.90 Å². The summed E-state index contributed by atoms with van der Waals surface area (Å²) < 4.78 is 0. The summed E-state index contributed by atoms with van der Waals surface area (Å²) in [5, 5.41) is 0. The molecular formula is C22H23NO2. The maximum atomic E-state index is 13.1. The number of hydrogen-bond donors (Lipinski definition) is 0. The molecule has 0 unspecified atom stereocenters. The van der Waals surface area contributed by atoms with Crippen molar-refractivity contribution >= 4 is 17.5 Å². The summed E-state index contributed by atoms with van der Waals surface area (Å²) >= 11 is 0. The molecule has 3 heteroatoms. The van der Waals surface area contributed by atoms with Crippen molar-refractivity contribution in [2.24, 2.45) is 11.8 Å². The Bertz CT molecular complexity index is 827. The first-order valence-corrected chi connectivity index (χ1v) is 9.06. The van der Waals surface area contributed by atoms with Crippen LogP contribution in [0.4, 0.5) is 5.69 Å². The number of anilines is 1. The van der Waals surface area contributed by atoms with Crippen LogP contribution in [0.15, 0.2) is 48.5 Å². The summed E-state index contributed by atoms with van der Waals surface area (Å²) in [4.78, 5) is 27.5. The molecule has 2 aromatic rings. The van der Waals surface area contributed by atoms with E-state index in [9.17, 15) is 9.59 Å². The minimum absolute atomic E-state index is 0.00605. The highest BCUT2D eigenvalue weighted by atomic mass is 16.2. The van der Waals surface area contributed by atoms with E-state index in [1.165, 1.54) is 10.5 Å². The predicted molar refractivity (Wildman–Crippen MR) is 98.4 cm³/mol. The minimum Gasteiger partial charge on any atom is -0.274 e. The number of amides is 2. The van der Waals surface area contributed by atoms with E-state index < -0.39 is 0 Å². The van der Waals surface area contributed by atoms with Crippen molar-refractivity contribution < 1.29 is 9.59 Å². The molecule has 3 atom stereocenters. The number of aryl methyl sites for hydroxylation is 2. The van der Waals surface area contributed by atoms with Crippen LogP contribution in [0.3, 0.4) is 0 Å². The maximum Gasteiger partial charge on any atom is 0.237 e. The third-order valence-corrected chi connectivity index (χ3v) is 5.79. The standard InChI is InChI=1S/C22H23NO2/c1-14-8-11-20(15(2)12-14)23-21(24)18-10-9-17(13-19(18)22(23)25)16-6-4-3-5-7-16/h3-8,11-12,17-19H,9-10,13H2,1-2H3/t17-,18-,19-/m0/s1. The number of benzene rings is 2. The monoisotopic (exact) mass is 333 g/mol. The number of hydrogen-bond acceptors (Lipinski definition) is 2. The van der Waals surface area contributed by atoms with Crippen molar-refractivity contribution in [1.29, 1.82) is 0 Å². The topological polar surface area (TPSA) is 37.4 Å². The van der Waals surface area contributed by atoms with E-state index in [0.29, 0.717) is 5.92 Å². The average molecular weight is 333 g/mol. The molecular weight excluding hydrogens is 310 g/mol. The van der Waals surface area contributed by atoms with Crippen LogP contribution in [0.25, 0.3) is 0 Å². The van der Waals surface area contributed by atoms with Gasteiger partial charge in [0.25, 0.3) is 0 Å². The van der Waals surface area contributed by atoms with Gasteiger partial charge in [0.1, 0.15) is 0 Å². The van der Waals surface area contributed by atoms with Crippen LogP contribution in [0.1, 0.15) is 41.9 Å². The van der Waals surface area contributed by atoms with E-state index in [0.717, 1.165) is 36.1 Å². The number of carbonyl (C=O) groups is 2. The van der Waals surface area contributed by atoms with Crippen LogP contribution in [0.5, 0.6) is 0 Å². The van der Waals surface area contributed by atoms with Gasteiger partial charge in [0.15, 0.2) is 0 Å². The quantitative estimate of drug-likeness (QED) is 0.765. The molecule has 25 heavy (non-hydrogen) atoms. The van der Waals surface area contributed by atoms with Gasteiger partial charge < -0.3 is 0 Å². The lowest BCUT2D eigenvalue weighted by molar-refractivity contribution is -0.122. The van der Waals surface area contributed by atoms with Gasteiger partial charge in [-0.2, -0.15) is 0 Å². The molecule has 2 aromatic carbocycles. The second-order valence-electron chi connectivity index (χ2n) is 7.44. The van der Waals surface area contributed by atoms with E-state index in [2.05, 4.69) is 12.1 Å². The molecule has 1 saturated carbocycles. The normalized spacial score (nSPS) is 26.0. The molecule has 0 N–H and O–H groups in total. The molecule has 3 nitrogen and oxygen atoms in total. The minimum atomic E-state index is -0.174. The van der Waals surface area contributed by atoms with Crippen LogP contribution in [-0.2, 0) is 9.59 Å². The maximum absolute atomic E-state index is 13.1. The zero-order valence-electron chi connectivity index (χ0n) is 14.7. The highest BCUT2D eigenvalue weighted by molar-refractivity contribution is 6.22. The Labute approximate surface area is 148 Å². The molecule has 0 radical (unpaired) electrons. The molecule has 0 bridgehead atoms. The Balaban J connectivity index is 1.63. The zero-order chi connectivity index (χ0) is 17.6. The van der Waals surface area contributed by atoms with Gasteiger partial charge in [0, 0.05) is 0 Å². The van der Waals surface area contributed by atoms with Gasteiger partial charge in [-0.25, -0.2) is 4.90 Å². The van der Waals surface area contributed by atoms with Crippen LogP contribution >= 0.6 is 0 Å². The first-order valence-electron chi connectivity index (χ1n) is 9.06. The third kappa shape index (κ3) is 2.68. The van der Waals surface area contributed by atoms with Crippen LogP contribution in [0, 0.1) is 25.7 Å². The third-order valence-electron chi connectivity index (χ3n) is 5.79. The average Bonchev–Trinajstić information content (AvgIpc) is 2.87. The number of carbonyl (C=O) groups excluding carboxylic acids is 2. The van der Waals surface area contributed by atoms with Crippen LogP contribution in [0.2, 0.25) is 0 Å². The Morgan fingerprint density at radius 3 is 2.32 bits per heavy atom. The first kappa shape index (κ1) is 16.1.